The summed E-state index contributed by atoms with van der Waals surface area (Å²) in [4.78, 5) is 2.85. The topological polar surface area (TPSA) is 3.88 Å². The Balaban J connectivity index is 1.74. The summed E-state index contributed by atoms with van der Waals surface area (Å²) in [6.07, 6.45) is 3.33. The van der Waals surface area contributed by atoms with Gasteiger partial charge in [0.2, 0.25) is 5.69 Å². The Morgan fingerprint density at radius 3 is 2.31 bits per heavy atom. The number of nitrogens with zero attached hydrogens (tertiary/aromatic N) is 1. The van der Waals surface area contributed by atoms with Crippen LogP contribution in [-0.2, 0) is 13.5 Å². The Morgan fingerprint density at radius 2 is 1.60 bits per heavy atom. The number of aryl methyl sites for hydroxylation is 2. The maximum absolute atomic E-state index is 2.42. The number of hydrogen-bond acceptors (Lipinski definition) is 1. The molecular weight excluding hydrogens is 442 g/mol. The van der Waals surface area contributed by atoms with Crippen LogP contribution < -0.4 is 4.57 Å². The van der Waals surface area contributed by atoms with Gasteiger partial charge in [-0.25, -0.2) is 4.57 Å². The number of hydrogen-bond donors (Lipinski definition) is 0. The van der Waals surface area contributed by atoms with Crippen LogP contribution in [0.1, 0.15) is 57.2 Å². The van der Waals surface area contributed by atoms with Crippen molar-refractivity contribution in [2.24, 2.45) is 12.5 Å². The maximum Gasteiger partial charge on any atom is 0.222 e. The van der Waals surface area contributed by atoms with Crippen LogP contribution in [0.5, 0.6) is 0 Å². The molecule has 176 valence electrons. The van der Waals surface area contributed by atoms with Crippen molar-refractivity contribution >= 4 is 44.1 Å². The minimum atomic E-state index is 0.276. The first kappa shape index (κ1) is 22.6. The van der Waals surface area contributed by atoms with Crippen LogP contribution in [0, 0.1) is 12.3 Å². The van der Waals surface area contributed by atoms with Gasteiger partial charge in [-0.05, 0) is 74.4 Å². The van der Waals surface area contributed by atoms with E-state index < -0.39 is 0 Å². The van der Waals surface area contributed by atoms with Crippen LogP contribution in [-0.4, -0.2) is 0 Å². The third kappa shape index (κ3) is 3.49. The van der Waals surface area contributed by atoms with Crippen molar-refractivity contribution in [1.29, 1.82) is 0 Å². The van der Waals surface area contributed by atoms with E-state index in [2.05, 4.69) is 114 Å². The first-order valence-electron chi connectivity index (χ1n) is 12.8. The zero-order valence-corrected chi connectivity index (χ0v) is 22.7. The lowest BCUT2D eigenvalue weighted by atomic mass is 9.86. The highest BCUT2D eigenvalue weighted by molar-refractivity contribution is 8.00. The van der Waals surface area contributed by atoms with Crippen LogP contribution in [0.4, 0.5) is 0 Å². The Labute approximate surface area is 213 Å². The quantitative estimate of drug-likeness (QED) is 0.178. The van der Waals surface area contributed by atoms with E-state index in [1.54, 1.807) is 0 Å². The Kier molecular flexibility index (Phi) is 5.06. The third-order valence-electron chi connectivity index (χ3n) is 7.48. The highest BCUT2D eigenvalue weighted by Gasteiger charge is 2.33. The molecule has 0 bridgehead atoms. The van der Waals surface area contributed by atoms with E-state index in [1.807, 2.05) is 11.8 Å². The van der Waals surface area contributed by atoms with Gasteiger partial charge in [-0.2, -0.15) is 0 Å². The molecule has 0 spiro atoms. The molecule has 0 saturated carbocycles. The minimum Gasteiger partial charge on any atom is -0.200 e. The first-order chi connectivity index (χ1) is 16.6. The zero-order valence-electron chi connectivity index (χ0n) is 21.9. The van der Waals surface area contributed by atoms with Crippen molar-refractivity contribution in [1.82, 2.24) is 0 Å². The summed E-state index contributed by atoms with van der Waals surface area (Å²) in [7, 11) is 2.21. The van der Waals surface area contributed by atoms with Gasteiger partial charge in [0.15, 0.2) is 6.20 Å². The number of fused-ring (bicyclic) bond motifs is 5. The number of rotatable bonds is 2. The summed E-state index contributed by atoms with van der Waals surface area (Å²) < 4.78 is 2.34. The predicted octanol–water partition coefficient (Wildman–Crippen LogP) is 9.12. The highest BCUT2D eigenvalue weighted by atomic mass is 32.2. The molecule has 6 rings (SSSR count). The number of aromatic nitrogens is 1. The van der Waals surface area contributed by atoms with Crippen LogP contribution in [0.3, 0.4) is 0 Å². The second kappa shape index (κ2) is 7.83. The fourth-order valence-electron chi connectivity index (χ4n) is 6.07. The van der Waals surface area contributed by atoms with E-state index in [0.717, 1.165) is 6.42 Å². The zero-order chi connectivity index (χ0) is 24.6. The first-order valence-corrected chi connectivity index (χ1v) is 13.6. The Hall–Kier alpha value is -2.84. The lowest BCUT2D eigenvalue weighted by Gasteiger charge is -2.27. The molecule has 1 aliphatic heterocycles. The lowest BCUT2D eigenvalue weighted by molar-refractivity contribution is -0.659. The van der Waals surface area contributed by atoms with Gasteiger partial charge in [0.25, 0.3) is 0 Å². The number of pyridine rings is 1. The minimum absolute atomic E-state index is 0.276. The van der Waals surface area contributed by atoms with Crippen molar-refractivity contribution in [3.63, 3.8) is 0 Å². The van der Waals surface area contributed by atoms with Gasteiger partial charge in [-0.1, -0.05) is 88.8 Å². The van der Waals surface area contributed by atoms with Gasteiger partial charge in [0.1, 0.15) is 7.05 Å². The molecule has 2 heteroatoms. The molecule has 0 amide bonds. The molecule has 0 saturated heterocycles. The van der Waals surface area contributed by atoms with E-state index >= 15 is 0 Å². The molecule has 0 N–H and O–H groups in total. The summed E-state index contributed by atoms with van der Waals surface area (Å²) in [5.74, 6) is 0.446. The summed E-state index contributed by atoms with van der Waals surface area (Å²) in [6.45, 7) is 14.0. The summed E-state index contributed by atoms with van der Waals surface area (Å²) in [5, 5.41) is 8.25. The third-order valence-corrected chi connectivity index (χ3v) is 8.73. The molecule has 0 radical (unpaired) electrons. The van der Waals surface area contributed by atoms with Gasteiger partial charge >= 0.3 is 0 Å². The van der Waals surface area contributed by atoms with Gasteiger partial charge in [-0.15, -0.1) is 0 Å². The van der Waals surface area contributed by atoms with Crippen molar-refractivity contribution in [3.8, 4) is 11.3 Å². The highest BCUT2D eigenvalue weighted by Crippen LogP contribution is 2.54. The van der Waals surface area contributed by atoms with Gasteiger partial charge < -0.3 is 0 Å². The molecule has 1 nitrogen and oxygen atoms in total. The van der Waals surface area contributed by atoms with Crippen LogP contribution in [0.2, 0.25) is 0 Å². The van der Waals surface area contributed by atoms with E-state index in [4.69, 9.17) is 0 Å². The molecule has 0 atom stereocenters. The molecule has 0 aliphatic carbocycles. The molecule has 35 heavy (non-hydrogen) atoms. The maximum atomic E-state index is 2.42. The van der Waals surface area contributed by atoms with E-state index in [9.17, 15) is 0 Å². The summed E-state index contributed by atoms with van der Waals surface area (Å²) in [5.41, 5.74) is 7.35. The predicted molar refractivity (Wildman–Crippen MR) is 152 cm³/mol. The van der Waals surface area contributed by atoms with Crippen LogP contribution >= 0.6 is 11.8 Å². The van der Waals surface area contributed by atoms with E-state index in [1.165, 1.54) is 70.1 Å². The fourth-order valence-corrected chi connectivity index (χ4v) is 7.69. The normalized spacial score (nSPS) is 13.3. The molecule has 2 heterocycles. The molecule has 0 fully saturated rings. The van der Waals surface area contributed by atoms with Crippen LogP contribution in [0.15, 0.2) is 70.6 Å². The van der Waals surface area contributed by atoms with Crippen molar-refractivity contribution in [2.75, 3.05) is 0 Å². The average molecular weight is 477 g/mol. The van der Waals surface area contributed by atoms with Gasteiger partial charge in [0.05, 0.1) is 10.9 Å². The molecule has 5 aromatic rings. The molecule has 0 unspecified atom stereocenters. The average Bonchev–Trinajstić information content (AvgIpc) is 2.79. The summed E-state index contributed by atoms with van der Waals surface area (Å²) >= 11 is 2.00. The molecular formula is C33H34NS+. The lowest BCUT2D eigenvalue weighted by Crippen LogP contribution is -2.32. The second-order valence-corrected chi connectivity index (χ2v) is 12.8. The monoisotopic (exact) mass is 476 g/mol. The van der Waals surface area contributed by atoms with Crippen LogP contribution in [0.25, 0.3) is 43.6 Å². The van der Waals surface area contributed by atoms with Crippen molar-refractivity contribution < 1.29 is 4.57 Å². The standard InChI is InChI=1S/C33H34NS/c1-19(2)27-26-11-9-8-10-24(26)20(3)28-30-29-22(14-15-34(30)7)17-23-16-21(18-33(4,5)6)12-13-25(23)31(29)35-32(27)28/h8-17,19H,18H2,1-7H3/q+1. The number of benzene rings is 4. The second-order valence-electron chi connectivity index (χ2n) is 11.8. The Morgan fingerprint density at radius 1 is 0.857 bits per heavy atom. The van der Waals surface area contributed by atoms with Crippen molar-refractivity contribution in [2.45, 2.75) is 63.7 Å². The fraction of sp³-hybridized carbons (Fsp3) is 0.303. The SMILES string of the molecule is Cc1c2c(c(C(C)C)c3ccccc13)Sc1c3ccc(CC(C)(C)C)cc3cc3cc[n+](C)c-2c13. The van der Waals surface area contributed by atoms with E-state index in [0.29, 0.717) is 5.92 Å². The van der Waals surface area contributed by atoms with E-state index in [-0.39, 0.29) is 5.41 Å². The molecule has 4 aromatic carbocycles. The van der Waals surface area contributed by atoms with Gasteiger partial charge in [0, 0.05) is 15.9 Å². The van der Waals surface area contributed by atoms with Gasteiger partial charge in [-0.3, -0.25) is 0 Å². The van der Waals surface area contributed by atoms with Crippen molar-refractivity contribution in [3.05, 3.63) is 77.5 Å². The largest absolute Gasteiger partial charge is 0.222 e. The smallest absolute Gasteiger partial charge is 0.200 e. The molecule has 1 aliphatic rings. The summed E-state index contributed by atoms with van der Waals surface area (Å²) in [6, 6.07) is 20.8. The Bertz CT molecular complexity index is 1670. The molecule has 1 aromatic heterocycles.